The third-order valence-electron chi connectivity index (χ3n) is 4.38. The van der Waals surface area contributed by atoms with Gasteiger partial charge in [-0.15, -0.1) is 0 Å². The topological polar surface area (TPSA) is 107 Å². The molecule has 0 saturated heterocycles. The average molecular weight is 357 g/mol. The maximum absolute atomic E-state index is 9.11. The fourth-order valence-electron chi connectivity index (χ4n) is 3.05. The van der Waals surface area contributed by atoms with Gasteiger partial charge in [0.2, 0.25) is 0 Å². The van der Waals surface area contributed by atoms with E-state index in [0.717, 1.165) is 21.7 Å². The number of nitriles is 1. The zero-order chi connectivity index (χ0) is 19.0. The summed E-state index contributed by atoms with van der Waals surface area (Å²) in [5.74, 6) is 1.56. The number of anilines is 1. The van der Waals surface area contributed by atoms with Gasteiger partial charge in [0.15, 0.2) is 11.5 Å². The van der Waals surface area contributed by atoms with Crippen LogP contribution < -0.4 is 15.2 Å². The van der Waals surface area contributed by atoms with Crippen LogP contribution in [0.3, 0.4) is 0 Å². The molecule has 27 heavy (non-hydrogen) atoms. The van der Waals surface area contributed by atoms with Gasteiger partial charge < -0.3 is 15.2 Å². The van der Waals surface area contributed by atoms with Crippen molar-refractivity contribution in [1.82, 2.24) is 15.0 Å². The predicted octanol–water partition coefficient (Wildman–Crippen LogP) is 3.32. The smallest absolute Gasteiger partial charge is 0.162 e. The molecule has 0 unspecified atom stereocenters. The average Bonchev–Trinajstić information content (AvgIpc) is 2.72. The van der Waals surface area contributed by atoms with Crippen LogP contribution in [-0.4, -0.2) is 29.2 Å². The second-order valence-electron chi connectivity index (χ2n) is 5.91. The fraction of sp³-hybridized carbons (Fsp3) is 0.100. The van der Waals surface area contributed by atoms with Gasteiger partial charge in [-0.05, 0) is 23.6 Å². The minimum Gasteiger partial charge on any atom is -0.493 e. The fourth-order valence-corrected chi connectivity index (χ4v) is 3.05. The molecule has 0 spiro atoms. The lowest BCUT2D eigenvalue weighted by atomic mass is 10.0. The number of pyridine rings is 3. The first-order valence-electron chi connectivity index (χ1n) is 8.11. The van der Waals surface area contributed by atoms with Gasteiger partial charge in [0.25, 0.3) is 0 Å². The Morgan fingerprint density at radius 2 is 1.70 bits per heavy atom. The van der Waals surface area contributed by atoms with E-state index in [1.807, 2.05) is 18.2 Å². The second kappa shape index (κ2) is 6.42. The molecule has 0 aliphatic rings. The molecule has 132 valence electrons. The van der Waals surface area contributed by atoms with E-state index in [9.17, 15) is 0 Å². The number of rotatable bonds is 3. The summed E-state index contributed by atoms with van der Waals surface area (Å²) in [7, 11) is 3.17. The van der Waals surface area contributed by atoms with Crippen LogP contribution in [0, 0.1) is 11.3 Å². The van der Waals surface area contributed by atoms with Crippen molar-refractivity contribution in [3.63, 3.8) is 0 Å². The van der Waals surface area contributed by atoms with E-state index < -0.39 is 0 Å². The Morgan fingerprint density at radius 1 is 0.926 bits per heavy atom. The molecule has 3 aromatic heterocycles. The molecule has 0 aliphatic carbocycles. The van der Waals surface area contributed by atoms with Crippen molar-refractivity contribution in [1.29, 1.82) is 5.26 Å². The molecule has 0 fully saturated rings. The Morgan fingerprint density at radius 3 is 2.44 bits per heavy atom. The largest absolute Gasteiger partial charge is 0.493 e. The minimum absolute atomic E-state index is 0.356. The molecule has 0 bridgehead atoms. The van der Waals surface area contributed by atoms with E-state index in [-0.39, 0.29) is 0 Å². The zero-order valence-corrected chi connectivity index (χ0v) is 14.7. The molecular formula is C20H15N5O2. The highest BCUT2D eigenvalue weighted by Gasteiger charge is 2.13. The summed E-state index contributed by atoms with van der Waals surface area (Å²) in [6.45, 7) is 0. The van der Waals surface area contributed by atoms with Gasteiger partial charge in [0.05, 0.1) is 31.0 Å². The molecule has 1 aromatic carbocycles. The highest BCUT2D eigenvalue weighted by molar-refractivity contribution is 6.10. The number of nitrogens with two attached hydrogens (primary N) is 1. The summed E-state index contributed by atoms with van der Waals surface area (Å²) < 4.78 is 10.8. The lowest BCUT2D eigenvalue weighted by molar-refractivity contribution is 0.356. The molecule has 2 N–H and O–H groups in total. The summed E-state index contributed by atoms with van der Waals surface area (Å²) in [6, 6.07) is 9.42. The quantitative estimate of drug-likeness (QED) is 0.560. The van der Waals surface area contributed by atoms with Crippen molar-refractivity contribution in [2.24, 2.45) is 0 Å². The first-order valence-corrected chi connectivity index (χ1v) is 8.11. The summed E-state index contributed by atoms with van der Waals surface area (Å²) in [5, 5.41) is 11.6. The van der Waals surface area contributed by atoms with Crippen LogP contribution in [-0.2, 0) is 0 Å². The van der Waals surface area contributed by atoms with Crippen LogP contribution in [0.5, 0.6) is 11.5 Å². The highest BCUT2D eigenvalue weighted by atomic mass is 16.5. The van der Waals surface area contributed by atoms with E-state index in [2.05, 4.69) is 21.0 Å². The van der Waals surface area contributed by atoms with Gasteiger partial charge >= 0.3 is 0 Å². The summed E-state index contributed by atoms with van der Waals surface area (Å²) in [6.07, 6.45) is 4.85. The van der Waals surface area contributed by atoms with Gasteiger partial charge in [0, 0.05) is 41.0 Å². The van der Waals surface area contributed by atoms with Crippen molar-refractivity contribution in [2.75, 3.05) is 20.0 Å². The van der Waals surface area contributed by atoms with Crippen molar-refractivity contribution < 1.29 is 9.47 Å². The summed E-state index contributed by atoms with van der Waals surface area (Å²) in [4.78, 5) is 13.0. The van der Waals surface area contributed by atoms with E-state index >= 15 is 0 Å². The highest BCUT2D eigenvalue weighted by Crippen LogP contribution is 2.36. The number of ether oxygens (including phenoxy) is 2. The maximum atomic E-state index is 9.11. The number of methoxy groups -OCH3 is 2. The molecule has 0 saturated carbocycles. The Hall–Kier alpha value is -3.92. The Kier molecular flexibility index (Phi) is 3.94. The molecule has 0 radical (unpaired) electrons. The molecule has 0 amide bonds. The predicted molar refractivity (Wildman–Crippen MR) is 103 cm³/mol. The van der Waals surface area contributed by atoms with E-state index in [4.69, 9.17) is 20.5 Å². The number of hydrogen-bond donors (Lipinski definition) is 1. The monoisotopic (exact) mass is 357 g/mol. The van der Waals surface area contributed by atoms with Crippen LogP contribution in [0.15, 0.2) is 42.9 Å². The van der Waals surface area contributed by atoms with Crippen LogP contribution >= 0.6 is 0 Å². The van der Waals surface area contributed by atoms with Crippen molar-refractivity contribution in [3.8, 4) is 28.8 Å². The Bertz CT molecular complexity index is 1230. The van der Waals surface area contributed by atoms with Crippen LogP contribution in [0.1, 0.15) is 5.56 Å². The lowest BCUT2D eigenvalue weighted by Crippen LogP contribution is -1.97. The van der Waals surface area contributed by atoms with E-state index in [1.54, 1.807) is 32.7 Å². The van der Waals surface area contributed by atoms with Gasteiger partial charge in [-0.3, -0.25) is 9.97 Å². The van der Waals surface area contributed by atoms with Crippen LogP contribution in [0.25, 0.3) is 32.9 Å². The summed E-state index contributed by atoms with van der Waals surface area (Å²) in [5.41, 5.74) is 8.75. The van der Waals surface area contributed by atoms with E-state index in [0.29, 0.717) is 34.1 Å². The number of fused-ring (bicyclic) bond motifs is 3. The maximum Gasteiger partial charge on any atom is 0.162 e. The van der Waals surface area contributed by atoms with Crippen LogP contribution in [0.4, 0.5) is 5.82 Å². The standard InChI is InChI=1S/C20H15N5O2/c1-26-18-5-14-13-4-16(12-3-11(7-21)8-23-9-12)25-20(22)15(13)10-24-17(14)6-19(18)27-2/h3-6,8-10H,1-2H3,(H2,22,25). The van der Waals surface area contributed by atoms with E-state index in [1.165, 1.54) is 6.20 Å². The molecule has 4 rings (SSSR count). The number of nitrogens with zero attached hydrogens (tertiary/aromatic N) is 4. The molecule has 3 heterocycles. The summed E-state index contributed by atoms with van der Waals surface area (Å²) >= 11 is 0. The molecule has 7 heteroatoms. The zero-order valence-electron chi connectivity index (χ0n) is 14.7. The van der Waals surface area contributed by atoms with Gasteiger partial charge in [-0.25, -0.2) is 4.98 Å². The third kappa shape index (κ3) is 2.73. The first kappa shape index (κ1) is 16.5. The second-order valence-corrected chi connectivity index (χ2v) is 5.91. The van der Waals surface area contributed by atoms with Crippen LogP contribution in [0.2, 0.25) is 0 Å². The minimum atomic E-state index is 0.356. The normalized spacial score (nSPS) is 10.7. The molecular weight excluding hydrogens is 342 g/mol. The van der Waals surface area contributed by atoms with Crippen molar-refractivity contribution in [2.45, 2.75) is 0 Å². The molecule has 0 atom stereocenters. The number of nitrogen functional groups attached to an aromatic ring is 1. The van der Waals surface area contributed by atoms with Gasteiger partial charge in [0.1, 0.15) is 11.9 Å². The Balaban J connectivity index is 2.04. The Labute approximate surface area is 155 Å². The molecule has 7 nitrogen and oxygen atoms in total. The lowest BCUT2D eigenvalue weighted by Gasteiger charge is -2.12. The SMILES string of the molecule is COc1cc2ncc3c(N)nc(-c4cncc(C#N)c4)cc3c2cc1OC. The first-order chi connectivity index (χ1) is 13.1. The van der Waals surface area contributed by atoms with Gasteiger partial charge in [-0.1, -0.05) is 0 Å². The number of aromatic nitrogens is 3. The molecule has 4 aromatic rings. The van der Waals surface area contributed by atoms with Crippen molar-refractivity contribution in [3.05, 3.63) is 48.4 Å². The number of hydrogen-bond acceptors (Lipinski definition) is 7. The van der Waals surface area contributed by atoms with Crippen molar-refractivity contribution >= 4 is 27.5 Å². The third-order valence-corrected chi connectivity index (χ3v) is 4.38. The molecule has 0 aliphatic heterocycles. The number of benzene rings is 1. The van der Waals surface area contributed by atoms with Gasteiger partial charge in [-0.2, -0.15) is 5.26 Å².